The molecule has 3 rings (SSSR count). The van der Waals surface area contributed by atoms with E-state index in [1.807, 2.05) is 36.4 Å². The van der Waals surface area contributed by atoms with Crippen molar-refractivity contribution < 1.29 is 14.4 Å². The van der Waals surface area contributed by atoms with Crippen LogP contribution in [0.1, 0.15) is 38.0 Å². The van der Waals surface area contributed by atoms with Crippen molar-refractivity contribution in [2.75, 3.05) is 18.8 Å². The second-order valence-corrected chi connectivity index (χ2v) is 6.81. The van der Waals surface area contributed by atoms with Crippen molar-refractivity contribution in [3.05, 3.63) is 89.5 Å². The lowest BCUT2D eigenvalue weighted by atomic mass is 10.0. The van der Waals surface area contributed by atoms with Gasteiger partial charge in [0, 0.05) is 41.0 Å². The van der Waals surface area contributed by atoms with E-state index in [0.717, 1.165) is 11.1 Å². The molecule has 6 heteroatoms. The van der Waals surface area contributed by atoms with E-state index in [4.69, 9.17) is 5.73 Å². The molecule has 0 atom stereocenters. The smallest absolute Gasteiger partial charge is 0.251 e. The lowest BCUT2D eigenvalue weighted by Gasteiger charge is -2.09. The van der Waals surface area contributed by atoms with Crippen LogP contribution in [0.15, 0.2) is 72.8 Å². The molecule has 3 aromatic rings. The highest BCUT2D eigenvalue weighted by molar-refractivity contribution is 5.99. The van der Waals surface area contributed by atoms with Crippen LogP contribution >= 0.6 is 0 Å². The number of nitrogen functional groups attached to an aromatic ring is 1. The Bertz CT molecular complexity index is 1080. The van der Waals surface area contributed by atoms with Crippen LogP contribution < -0.4 is 16.4 Å². The van der Waals surface area contributed by atoms with E-state index in [1.165, 1.54) is 6.92 Å². The van der Waals surface area contributed by atoms with Crippen LogP contribution in [-0.2, 0) is 0 Å². The molecule has 30 heavy (non-hydrogen) atoms. The van der Waals surface area contributed by atoms with Crippen molar-refractivity contribution in [2.45, 2.75) is 6.92 Å². The van der Waals surface area contributed by atoms with E-state index in [9.17, 15) is 14.4 Å². The van der Waals surface area contributed by atoms with Gasteiger partial charge in [-0.05, 0) is 42.8 Å². The lowest BCUT2D eigenvalue weighted by Crippen LogP contribution is -2.34. The average molecular weight is 401 g/mol. The third-order valence-electron chi connectivity index (χ3n) is 4.65. The van der Waals surface area contributed by atoms with Gasteiger partial charge in [0.2, 0.25) is 0 Å². The van der Waals surface area contributed by atoms with Crippen molar-refractivity contribution in [2.24, 2.45) is 0 Å². The molecule has 0 unspecified atom stereocenters. The Balaban J connectivity index is 1.50. The fraction of sp³-hybridized carbons (Fsp3) is 0.125. The fourth-order valence-corrected chi connectivity index (χ4v) is 3.00. The van der Waals surface area contributed by atoms with E-state index in [1.54, 1.807) is 36.4 Å². The zero-order valence-electron chi connectivity index (χ0n) is 16.6. The third kappa shape index (κ3) is 5.11. The summed E-state index contributed by atoms with van der Waals surface area (Å²) >= 11 is 0. The molecule has 0 saturated carbocycles. The summed E-state index contributed by atoms with van der Waals surface area (Å²) in [6.45, 7) is 2.01. The Hall–Kier alpha value is -3.93. The van der Waals surface area contributed by atoms with Gasteiger partial charge in [0.15, 0.2) is 5.78 Å². The van der Waals surface area contributed by atoms with Crippen molar-refractivity contribution in [3.63, 3.8) is 0 Å². The Morgan fingerprint density at radius 3 is 1.97 bits per heavy atom. The molecule has 0 aliphatic heterocycles. The average Bonchev–Trinajstić information content (AvgIpc) is 2.77. The summed E-state index contributed by atoms with van der Waals surface area (Å²) in [4.78, 5) is 35.9. The minimum atomic E-state index is -0.294. The molecular weight excluding hydrogens is 378 g/mol. The molecule has 4 N–H and O–H groups in total. The molecule has 0 spiro atoms. The summed E-state index contributed by atoms with van der Waals surface area (Å²) in [5.74, 6) is -0.620. The van der Waals surface area contributed by atoms with Gasteiger partial charge in [-0.1, -0.05) is 42.5 Å². The number of nitrogens with two attached hydrogens (primary N) is 1. The minimum absolute atomic E-state index is 0.0992. The minimum Gasteiger partial charge on any atom is -0.398 e. The van der Waals surface area contributed by atoms with Crippen molar-refractivity contribution in [3.8, 4) is 11.1 Å². The summed E-state index contributed by atoms with van der Waals surface area (Å²) in [6.07, 6.45) is 0. The van der Waals surface area contributed by atoms with E-state index in [-0.39, 0.29) is 30.7 Å². The number of para-hydroxylation sites is 1. The predicted octanol–water partition coefficient (Wildman–Crippen LogP) is 3.30. The van der Waals surface area contributed by atoms with Gasteiger partial charge >= 0.3 is 0 Å². The number of hydrogen-bond acceptors (Lipinski definition) is 4. The molecule has 6 nitrogen and oxygen atoms in total. The first kappa shape index (κ1) is 20.8. The van der Waals surface area contributed by atoms with Gasteiger partial charge in [-0.25, -0.2) is 0 Å². The molecule has 3 aromatic carbocycles. The predicted molar refractivity (Wildman–Crippen MR) is 117 cm³/mol. The summed E-state index contributed by atoms with van der Waals surface area (Å²) in [5, 5.41) is 5.50. The lowest BCUT2D eigenvalue weighted by molar-refractivity contribution is 0.0927. The van der Waals surface area contributed by atoms with Gasteiger partial charge in [-0.3, -0.25) is 14.4 Å². The summed E-state index contributed by atoms with van der Waals surface area (Å²) in [7, 11) is 0. The number of nitrogens with one attached hydrogen (secondary N) is 2. The maximum absolute atomic E-state index is 12.3. The van der Waals surface area contributed by atoms with Gasteiger partial charge in [0.05, 0.1) is 0 Å². The summed E-state index contributed by atoms with van der Waals surface area (Å²) < 4.78 is 0. The van der Waals surface area contributed by atoms with Gasteiger partial charge < -0.3 is 16.4 Å². The largest absolute Gasteiger partial charge is 0.398 e. The van der Waals surface area contributed by atoms with Crippen molar-refractivity contribution in [1.29, 1.82) is 0 Å². The second-order valence-electron chi connectivity index (χ2n) is 6.81. The maximum Gasteiger partial charge on any atom is 0.251 e. The molecule has 0 heterocycles. The Morgan fingerprint density at radius 1 is 0.733 bits per heavy atom. The molecule has 0 aliphatic carbocycles. The first-order valence-corrected chi connectivity index (χ1v) is 9.58. The number of rotatable bonds is 7. The summed E-state index contributed by atoms with van der Waals surface area (Å²) in [6, 6.07) is 21.3. The van der Waals surface area contributed by atoms with Gasteiger partial charge in [0.1, 0.15) is 0 Å². The summed E-state index contributed by atoms with van der Waals surface area (Å²) in [5.41, 5.74) is 9.94. The van der Waals surface area contributed by atoms with E-state index >= 15 is 0 Å². The van der Waals surface area contributed by atoms with Crippen LogP contribution in [-0.4, -0.2) is 30.7 Å². The Morgan fingerprint density at radius 2 is 1.33 bits per heavy atom. The number of benzene rings is 3. The molecule has 2 amide bonds. The highest BCUT2D eigenvalue weighted by Crippen LogP contribution is 2.25. The number of amides is 2. The van der Waals surface area contributed by atoms with Crippen molar-refractivity contribution in [1.82, 2.24) is 10.6 Å². The second kappa shape index (κ2) is 9.52. The first-order valence-electron chi connectivity index (χ1n) is 9.58. The zero-order valence-corrected chi connectivity index (χ0v) is 16.6. The quantitative estimate of drug-likeness (QED) is 0.321. The van der Waals surface area contributed by atoms with Gasteiger partial charge in [-0.2, -0.15) is 0 Å². The number of hydrogen-bond donors (Lipinski definition) is 3. The highest BCUT2D eigenvalue weighted by atomic mass is 16.2. The van der Waals surface area contributed by atoms with Crippen LogP contribution in [0, 0.1) is 0 Å². The molecule has 0 bridgehead atoms. The van der Waals surface area contributed by atoms with Crippen LogP contribution in [0.25, 0.3) is 11.1 Å². The van der Waals surface area contributed by atoms with Gasteiger partial charge in [0.25, 0.3) is 11.8 Å². The fourth-order valence-electron chi connectivity index (χ4n) is 3.00. The van der Waals surface area contributed by atoms with E-state index < -0.39 is 0 Å². The molecule has 0 radical (unpaired) electrons. The number of Topliss-reactive ketones (excluding diaryl/α,β-unsaturated/α-hetero) is 1. The molecular formula is C24H23N3O3. The monoisotopic (exact) mass is 401 g/mol. The van der Waals surface area contributed by atoms with E-state index in [2.05, 4.69) is 10.6 Å². The molecule has 0 fully saturated rings. The topological polar surface area (TPSA) is 101 Å². The molecule has 0 aliphatic rings. The SMILES string of the molecule is CC(=O)c1cccc(C(=O)NCCNC(=O)c2ccc(-c3ccccc3N)cc2)c1. The first-order chi connectivity index (χ1) is 14.5. The molecule has 0 aromatic heterocycles. The Kier molecular flexibility index (Phi) is 6.60. The molecule has 0 saturated heterocycles. The van der Waals surface area contributed by atoms with E-state index in [0.29, 0.717) is 22.4 Å². The van der Waals surface area contributed by atoms with Crippen LogP contribution in [0.5, 0.6) is 0 Å². The van der Waals surface area contributed by atoms with Crippen molar-refractivity contribution >= 4 is 23.3 Å². The standard InChI is InChI=1S/C24H23N3O3/c1-16(28)19-5-4-6-20(15-19)24(30)27-14-13-26-23(29)18-11-9-17(10-12-18)21-7-2-3-8-22(21)25/h2-12,15H,13-14,25H2,1H3,(H,26,29)(H,27,30). The Labute approximate surface area is 175 Å². The normalized spacial score (nSPS) is 10.3. The van der Waals surface area contributed by atoms with Crippen LogP contribution in [0.4, 0.5) is 5.69 Å². The number of carbonyl (C=O) groups is 3. The van der Waals surface area contributed by atoms with Crippen LogP contribution in [0.2, 0.25) is 0 Å². The third-order valence-corrected chi connectivity index (χ3v) is 4.65. The number of carbonyl (C=O) groups excluding carboxylic acids is 3. The number of anilines is 1. The van der Waals surface area contributed by atoms with Crippen LogP contribution in [0.3, 0.4) is 0 Å². The van der Waals surface area contributed by atoms with Gasteiger partial charge in [-0.15, -0.1) is 0 Å². The molecule has 152 valence electrons. The maximum atomic E-state index is 12.3. The highest BCUT2D eigenvalue weighted by Gasteiger charge is 2.09. The number of ketones is 1. The zero-order chi connectivity index (χ0) is 21.5.